The Balaban J connectivity index is 1.12. The van der Waals surface area contributed by atoms with Crippen molar-refractivity contribution >= 4 is 54.9 Å². The lowest BCUT2D eigenvalue weighted by Crippen LogP contribution is -2.22. The quantitative estimate of drug-likeness (QED) is 0.156. The molecule has 0 spiro atoms. The van der Waals surface area contributed by atoms with Gasteiger partial charge in [-0.3, -0.25) is 0 Å². The fourth-order valence-electron chi connectivity index (χ4n) is 9.83. The number of fused-ring (bicyclic) bond motifs is 9. The molecule has 8 aromatic carbocycles. The summed E-state index contributed by atoms with van der Waals surface area (Å²) in [6.07, 6.45) is 4.43. The summed E-state index contributed by atoms with van der Waals surface area (Å²) in [4.78, 5) is 0. The summed E-state index contributed by atoms with van der Waals surface area (Å²) in [6.45, 7) is 2.40. The van der Waals surface area contributed by atoms with Crippen molar-refractivity contribution < 1.29 is 0 Å². The van der Waals surface area contributed by atoms with Crippen LogP contribution in [0.15, 0.2) is 206 Å². The fourth-order valence-corrected chi connectivity index (χ4v) is 9.83. The molecule has 0 N–H and O–H groups in total. The summed E-state index contributed by atoms with van der Waals surface area (Å²) in [7, 11) is 0. The molecule has 2 heteroatoms. The number of hydrogen-bond donors (Lipinski definition) is 0. The van der Waals surface area contributed by atoms with E-state index in [4.69, 9.17) is 0 Å². The predicted molar refractivity (Wildman–Crippen MR) is 239 cm³/mol. The van der Waals surface area contributed by atoms with Gasteiger partial charge < -0.3 is 9.13 Å². The van der Waals surface area contributed by atoms with E-state index in [2.05, 4.69) is 222 Å². The molecule has 0 aliphatic heterocycles. The van der Waals surface area contributed by atoms with Gasteiger partial charge in [0.2, 0.25) is 0 Å². The van der Waals surface area contributed by atoms with Crippen molar-refractivity contribution in [1.82, 2.24) is 9.13 Å². The van der Waals surface area contributed by atoms with E-state index in [9.17, 15) is 0 Å². The second-order valence-electron chi connectivity index (χ2n) is 15.6. The maximum atomic E-state index is 3.81. The van der Waals surface area contributed by atoms with E-state index in [1.54, 1.807) is 0 Å². The molecule has 2 nitrogen and oxygen atoms in total. The van der Waals surface area contributed by atoms with Crippen LogP contribution in [-0.2, 0) is 5.41 Å². The van der Waals surface area contributed by atoms with E-state index < -0.39 is 0 Å². The minimum absolute atomic E-state index is 0.299. The van der Waals surface area contributed by atoms with Gasteiger partial charge >= 0.3 is 0 Å². The molecule has 2 aliphatic rings. The lowest BCUT2D eigenvalue weighted by atomic mass is 9.74. The molecular weight excluding hydrogens is 689 g/mol. The molecule has 2 heterocycles. The number of para-hydroxylation sites is 2. The average molecular weight is 725 g/mol. The van der Waals surface area contributed by atoms with Crippen molar-refractivity contribution in [2.75, 3.05) is 0 Å². The predicted octanol–water partition coefficient (Wildman–Crippen LogP) is 14.0. The van der Waals surface area contributed by atoms with Crippen molar-refractivity contribution in [3.05, 3.63) is 228 Å². The molecule has 0 bridgehead atoms. The first-order valence-electron chi connectivity index (χ1n) is 19.8. The van der Waals surface area contributed by atoms with Gasteiger partial charge in [0, 0.05) is 38.2 Å². The third kappa shape index (κ3) is 4.60. The topological polar surface area (TPSA) is 9.86 Å². The van der Waals surface area contributed by atoms with E-state index in [0.29, 0.717) is 0 Å². The molecular formula is C55H36N2. The molecule has 1 atom stereocenters. The average Bonchev–Trinajstić information content (AvgIpc) is 4.03. The number of benzene rings is 8. The summed E-state index contributed by atoms with van der Waals surface area (Å²) in [5.41, 5.74) is 21.8. The summed E-state index contributed by atoms with van der Waals surface area (Å²) in [6, 6.07) is 69.0. The maximum Gasteiger partial charge on any atom is 0.0897 e. The van der Waals surface area contributed by atoms with Gasteiger partial charge in [0.15, 0.2) is 0 Å². The van der Waals surface area contributed by atoms with Crippen LogP contribution in [0.2, 0.25) is 0 Å². The normalized spacial score (nSPS) is 15.7. The maximum absolute atomic E-state index is 3.81. The standard InChI is InChI=1S/C55H36N2/c1-55(40-17-7-3-8-18-40)49-23-13-11-21-43(49)45-34-48-47-33-39(38-26-29-52-46(32-38)44-22-12-14-24-51(44)56(52)41-19-9-4-10-20-41)27-30-53(47)57(54(48)35-50(45)55)42-28-25-37(31-42)36-15-5-2-6-16-36/h2-30,32-35H,1H3. The van der Waals surface area contributed by atoms with E-state index in [1.807, 2.05) is 0 Å². The van der Waals surface area contributed by atoms with Crippen molar-refractivity contribution in [2.24, 2.45) is 0 Å². The number of allylic oxidation sites excluding steroid dienone is 3. The van der Waals surface area contributed by atoms with Crippen LogP contribution in [0.3, 0.4) is 0 Å². The molecule has 10 aromatic rings. The number of rotatable bonds is 5. The zero-order valence-corrected chi connectivity index (χ0v) is 31.4. The lowest BCUT2D eigenvalue weighted by Gasteiger charge is -2.28. The second kappa shape index (κ2) is 12.1. The largest absolute Gasteiger partial charge is 0.309 e. The Kier molecular flexibility index (Phi) is 6.75. The molecule has 0 amide bonds. The summed E-state index contributed by atoms with van der Waals surface area (Å²) >= 11 is 0. The van der Waals surface area contributed by atoms with E-state index in [-0.39, 0.29) is 5.41 Å². The molecule has 0 radical (unpaired) electrons. The summed E-state index contributed by atoms with van der Waals surface area (Å²) < 4.78 is 4.82. The van der Waals surface area contributed by atoms with Crippen LogP contribution in [0.4, 0.5) is 0 Å². The molecule has 57 heavy (non-hydrogen) atoms. The van der Waals surface area contributed by atoms with Crippen molar-refractivity contribution in [1.29, 1.82) is 0 Å². The Hall–Kier alpha value is -7.38. The van der Waals surface area contributed by atoms with Gasteiger partial charge in [0.25, 0.3) is 0 Å². The van der Waals surface area contributed by atoms with Crippen LogP contribution in [0.5, 0.6) is 0 Å². The Morgan fingerprint density at radius 3 is 1.77 bits per heavy atom. The third-order valence-electron chi connectivity index (χ3n) is 12.6. The van der Waals surface area contributed by atoms with Gasteiger partial charge in [-0.2, -0.15) is 0 Å². The number of aromatic nitrogens is 2. The highest BCUT2D eigenvalue weighted by atomic mass is 15.0. The number of nitrogens with zero attached hydrogens (tertiary/aromatic N) is 2. The van der Waals surface area contributed by atoms with Gasteiger partial charge in [-0.15, -0.1) is 0 Å². The van der Waals surface area contributed by atoms with Crippen molar-refractivity contribution in [3.63, 3.8) is 0 Å². The van der Waals surface area contributed by atoms with Gasteiger partial charge in [-0.05, 0) is 118 Å². The van der Waals surface area contributed by atoms with Crippen LogP contribution in [0, 0.1) is 0 Å². The zero-order valence-electron chi connectivity index (χ0n) is 31.4. The van der Waals surface area contributed by atoms with Crippen LogP contribution in [0.25, 0.3) is 82.8 Å². The van der Waals surface area contributed by atoms with Crippen LogP contribution < -0.4 is 0 Å². The van der Waals surface area contributed by atoms with Gasteiger partial charge in [0.05, 0.1) is 27.8 Å². The van der Waals surface area contributed by atoms with Crippen LogP contribution in [-0.4, -0.2) is 9.13 Å². The Morgan fingerprint density at radius 2 is 1.00 bits per heavy atom. The van der Waals surface area contributed by atoms with E-state index in [1.165, 1.54) is 93.8 Å². The molecule has 0 saturated carbocycles. The first-order valence-corrected chi connectivity index (χ1v) is 19.8. The van der Waals surface area contributed by atoms with Gasteiger partial charge in [0.1, 0.15) is 0 Å². The molecule has 0 fully saturated rings. The smallest absolute Gasteiger partial charge is 0.0897 e. The zero-order chi connectivity index (χ0) is 37.7. The molecule has 12 rings (SSSR count). The first kappa shape index (κ1) is 31.9. The van der Waals surface area contributed by atoms with E-state index >= 15 is 0 Å². The highest BCUT2D eigenvalue weighted by Gasteiger charge is 2.41. The summed E-state index contributed by atoms with van der Waals surface area (Å²) in [5, 5.41) is 4.99. The molecule has 1 unspecified atom stereocenters. The fraction of sp³-hybridized carbons (Fsp3) is 0.0364. The van der Waals surface area contributed by atoms with Crippen LogP contribution in [0.1, 0.15) is 29.2 Å². The number of hydrogen-bond acceptors (Lipinski definition) is 0. The van der Waals surface area contributed by atoms with E-state index in [0.717, 1.165) is 11.3 Å². The molecule has 266 valence electrons. The van der Waals surface area contributed by atoms with Crippen molar-refractivity contribution in [2.45, 2.75) is 12.3 Å². The summed E-state index contributed by atoms with van der Waals surface area (Å²) in [5.74, 6) is 0. The Morgan fingerprint density at radius 1 is 0.404 bits per heavy atom. The lowest BCUT2D eigenvalue weighted by molar-refractivity contribution is 0.714. The minimum atomic E-state index is -0.299. The SMILES string of the molecule is CC1(c2ccccc2)c2ccccc2-c2cc3c4cc(-c5ccc6c(c5)c5ccccc5n6-c5ccccc5)ccc4n(C4=C=C(c5ccccc5)C=C4)c3cc21. The first-order chi connectivity index (χ1) is 28.1. The second-order valence-corrected chi connectivity index (χ2v) is 15.6. The van der Waals surface area contributed by atoms with Gasteiger partial charge in [-0.25, -0.2) is 0 Å². The molecule has 2 aromatic heterocycles. The highest BCUT2D eigenvalue weighted by molar-refractivity contribution is 6.15. The van der Waals surface area contributed by atoms with Crippen molar-refractivity contribution in [3.8, 4) is 27.9 Å². The molecule has 2 aliphatic carbocycles. The monoisotopic (exact) mass is 724 g/mol. The Bertz CT molecular complexity index is 3370. The van der Waals surface area contributed by atoms with Crippen LogP contribution >= 0.6 is 0 Å². The van der Waals surface area contributed by atoms with Gasteiger partial charge in [-0.1, -0.05) is 139 Å². The Labute approximate surface area is 331 Å². The molecule has 0 saturated heterocycles. The highest BCUT2D eigenvalue weighted by Crippen LogP contribution is 2.54. The third-order valence-corrected chi connectivity index (χ3v) is 12.6. The minimum Gasteiger partial charge on any atom is -0.309 e.